The maximum Gasteiger partial charge on any atom is 0.411 e. The van der Waals surface area contributed by atoms with Gasteiger partial charge < -0.3 is 4.74 Å². The molecule has 21 heavy (non-hydrogen) atoms. The normalized spacial score (nSPS) is 18.3. The van der Waals surface area contributed by atoms with Crippen LogP contribution in [0.4, 0.5) is 4.79 Å². The summed E-state index contributed by atoms with van der Waals surface area (Å²) in [4.78, 5) is 14.4. The number of carbonyl (C=O) groups excluding carboxylic acids is 1. The summed E-state index contributed by atoms with van der Waals surface area (Å²) in [6, 6.07) is 10.2. The molecule has 3 heteroatoms. The van der Waals surface area contributed by atoms with E-state index in [1.54, 1.807) is 0 Å². The fourth-order valence-electron chi connectivity index (χ4n) is 2.53. The molecule has 0 spiro atoms. The molecule has 1 aromatic carbocycles. The molecule has 1 aliphatic carbocycles. The third-order valence-electron chi connectivity index (χ3n) is 3.54. The molecular formula is C18H25NO2. The summed E-state index contributed by atoms with van der Waals surface area (Å²) in [5.74, 6) is 0. The monoisotopic (exact) mass is 287 g/mol. The standard InChI is InChI=1S/C18H25NO2/c1-14-10-11-16(12-14)19(17(20)21-18(2,3)4)13-15-8-6-5-7-9-15/h5-9,12,16H,10-11,13H2,1-4H3/t16-/m0/s1. The van der Waals surface area contributed by atoms with Gasteiger partial charge in [0, 0.05) is 6.54 Å². The van der Waals surface area contributed by atoms with Crippen LogP contribution in [-0.2, 0) is 11.3 Å². The average molecular weight is 287 g/mol. The molecular weight excluding hydrogens is 262 g/mol. The van der Waals surface area contributed by atoms with E-state index in [1.165, 1.54) is 5.57 Å². The van der Waals surface area contributed by atoms with Crippen molar-refractivity contribution in [2.75, 3.05) is 0 Å². The summed E-state index contributed by atoms with van der Waals surface area (Å²) in [5, 5.41) is 0. The molecule has 0 N–H and O–H groups in total. The lowest BCUT2D eigenvalue weighted by Gasteiger charge is -2.31. The highest BCUT2D eigenvalue weighted by Gasteiger charge is 2.29. The molecule has 0 saturated heterocycles. The predicted octanol–water partition coefficient (Wildman–Crippen LogP) is 4.53. The predicted molar refractivity (Wildman–Crippen MR) is 85.0 cm³/mol. The lowest BCUT2D eigenvalue weighted by Crippen LogP contribution is -2.41. The van der Waals surface area contributed by atoms with E-state index in [9.17, 15) is 4.79 Å². The van der Waals surface area contributed by atoms with E-state index < -0.39 is 5.60 Å². The second-order valence-electron chi connectivity index (χ2n) is 6.71. The minimum absolute atomic E-state index is 0.139. The van der Waals surface area contributed by atoms with Crippen LogP contribution in [0.5, 0.6) is 0 Å². The van der Waals surface area contributed by atoms with Gasteiger partial charge in [0.05, 0.1) is 6.04 Å². The van der Waals surface area contributed by atoms with Crippen molar-refractivity contribution >= 4 is 6.09 Å². The Morgan fingerprint density at radius 1 is 1.29 bits per heavy atom. The number of benzene rings is 1. The molecule has 0 saturated carbocycles. The van der Waals surface area contributed by atoms with Gasteiger partial charge in [-0.15, -0.1) is 0 Å². The highest BCUT2D eigenvalue weighted by Crippen LogP contribution is 2.25. The summed E-state index contributed by atoms with van der Waals surface area (Å²) in [5.41, 5.74) is 2.01. The zero-order valence-corrected chi connectivity index (χ0v) is 13.4. The van der Waals surface area contributed by atoms with Crippen molar-refractivity contribution < 1.29 is 9.53 Å². The summed E-state index contributed by atoms with van der Waals surface area (Å²) in [6.07, 6.45) is 3.99. The van der Waals surface area contributed by atoms with Crippen LogP contribution in [0.2, 0.25) is 0 Å². The van der Waals surface area contributed by atoms with Crippen LogP contribution in [0, 0.1) is 0 Å². The van der Waals surface area contributed by atoms with Crippen LogP contribution in [0.15, 0.2) is 42.0 Å². The van der Waals surface area contributed by atoms with Crippen molar-refractivity contribution in [2.45, 2.75) is 58.7 Å². The Morgan fingerprint density at radius 2 is 1.95 bits per heavy atom. The van der Waals surface area contributed by atoms with Crippen molar-refractivity contribution in [3.8, 4) is 0 Å². The van der Waals surface area contributed by atoms with E-state index in [0.29, 0.717) is 6.54 Å². The quantitative estimate of drug-likeness (QED) is 0.764. The van der Waals surface area contributed by atoms with Crippen LogP contribution >= 0.6 is 0 Å². The van der Waals surface area contributed by atoms with E-state index in [0.717, 1.165) is 18.4 Å². The first-order valence-corrected chi connectivity index (χ1v) is 7.56. The molecule has 1 aliphatic rings. The van der Waals surface area contributed by atoms with Crippen molar-refractivity contribution in [1.82, 2.24) is 4.90 Å². The minimum Gasteiger partial charge on any atom is -0.444 e. The lowest BCUT2D eigenvalue weighted by molar-refractivity contribution is 0.0180. The Hall–Kier alpha value is -1.77. The molecule has 0 unspecified atom stereocenters. The molecule has 0 bridgehead atoms. The molecule has 114 valence electrons. The number of ether oxygens (including phenoxy) is 1. The molecule has 0 aromatic heterocycles. The van der Waals surface area contributed by atoms with E-state index in [1.807, 2.05) is 56.0 Å². The van der Waals surface area contributed by atoms with Crippen LogP contribution in [-0.4, -0.2) is 22.6 Å². The molecule has 3 nitrogen and oxygen atoms in total. The Bertz CT molecular complexity index is 514. The van der Waals surface area contributed by atoms with Gasteiger partial charge in [-0.25, -0.2) is 4.79 Å². The zero-order chi connectivity index (χ0) is 15.5. The van der Waals surface area contributed by atoms with Gasteiger partial charge in [-0.3, -0.25) is 4.90 Å². The highest BCUT2D eigenvalue weighted by atomic mass is 16.6. The maximum atomic E-state index is 12.5. The minimum atomic E-state index is -0.469. The largest absolute Gasteiger partial charge is 0.444 e. The van der Waals surface area contributed by atoms with Crippen molar-refractivity contribution in [2.24, 2.45) is 0 Å². The number of carbonyl (C=O) groups is 1. The topological polar surface area (TPSA) is 29.5 Å². The Morgan fingerprint density at radius 3 is 2.48 bits per heavy atom. The van der Waals surface area contributed by atoms with Crippen LogP contribution in [0.1, 0.15) is 46.1 Å². The van der Waals surface area contributed by atoms with Crippen molar-refractivity contribution in [3.63, 3.8) is 0 Å². The number of hydrogen-bond acceptors (Lipinski definition) is 2. The number of rotatable bonds is 3. The zero-order valence-electron chi connectivity index (χ0n) is 13.4. The fourth-order valence-corrected chi connectivity index (χ4v) is 2.53. The van der Waals surface area contributed by atoms with E-state index in [4.69, 9.17) is 4.74 Å². The second kappa shape index (κ2) is 6.33. The number of nitrogens with zero attached hydrogens (tertiary/aromatic N) is 1. The van der Waals surface area contributed by atoms with E-state index in [-0.39, 0.29) is 12.1 Å². The highest BCUT2D eigenvalue weighted by molar-refractivity contribution is 5.69. The van der Waals surface area contributed by atoms with Gasteiger partial charge in [-0.05, 0) is 46.1 Å². The third kappa shape index (κ3) is 4.62. The van der Waals surface area contributed by atoms with Gasteiger partial charge in [0.2, 0.25) is 0 Å². The first kappa shape index (κ1) is 15.6. The molecule has 2 rings (SSSR count). The Balaban J connectivity index is 2.16. The SMILES string of the molecule is CC1=C[C@@H](N(Cc2ccccc2)C(=O)OC(C)(C)C)CC1. The fraction of sp³-hybridized carbons (Fsp3) is 0.500. The molecule has 0 heterocycles. The summed E-state index contributed by atoms with van der Waals surface area (Å²) < 4.78 is 5.58. The second-order valence-corrected chi connectivity index (χ2v) is 6.71. The number of amides is 1. The third-order valence-corrected chi connectivity index (χ3v) is 3.54. The van der Waals surface area contributed by atoms with Crippen LogP contribution in [0.3, 0.4) is 0 Å². The van der Waals surface area contributed by atoms with Gasteiger partial charge >= 0.3 is 6.09 Å². The molecule has 0 aliphatic heterocycles. The number of allylic oxidation sites excluding steroid dienone is 1. The van der Waals surface area contributed by atoms with Crippen molar-refractivity contribution in [1.29, 1.82) is 0 Å². The summed E-state index contributed by atoms with van der Waals surface area (Å²) in [6.45, 7) is 8.42. The molecule has 1 atom stereocenters. The lowest BCUT2D eigenvalue weighted by atomic mass is 10.1. The average Bonchev–Trinajstić information content (AvgIpc) is 2.81. The summed E-state index contributed by atoms with van der Waals surface area (Å²) >= 11 is 0. The maximum absolute atomic E-state index is 12.5. The van der Waals surface area contributed by atoms with Gasteiger partial charge in [0.25, 0.3) is 0 Å². The van der Waals surface area contributed by atoms with Gasteiger partial charge in [0.15, 0.2) is 0 Å². The van der Waals surface area contributed by atoms with Crippen LogP contribution < -0.4 is 0 Å². The molecule has 1 amide bonds. The Labute approximate surface area is 127 Å². The first-order chi connectivity index (χ1) is 9.85. The molecule has 0 fully saturated rings. The van der Waals surface area contributed by atoms with Gasteiger partial charge in [-0.1, -0.05) is 42.0 Å². The molecule has 0 radical (unpaired) electrons. The van der Waals surface area contributed by atoms with E-state index >= 15 is 0 Å². The van der Waals surface area contributed by atoms with Gasteiger partial charge in [-0.2, -0.15) is 0 Å². The number of hydrogen-bond donors (Lipinski definition) is 0. The van der Waals surface area contributed by atoms with E-state index in [2.05, 4.69) is 13.0 Å². The summed E-state index contributed by atoms with van der Waals surface area (Å²) in [7, 11) is 0. The van der Waals surface area contributed by atoms with Crippen LogP contribution in [0.25, 0.3) is 0 Å². The molecule has 1 aromatic rings. The smallest absolute Gasteiger partial charge is 0.411 e. The van der Waals surface area contributed by atoms with Gasteiger partial charge in [0.1, 0.15) is 5.60 Å². The van der Waals surface area contributed by atoms with Crippen molar-refractivity contribution in [3.05, 3.63) is 47.5 Å². The first-order valence-electron chi connectivity index (χ1n) is 7.56. The Kier molecular flexibility index (Phi) is 4.71.